The fraction of sp³-hybridized carbons (Fsp3) is 0.333. The average molecular weight is 301 g/mol. The number of benzene rings is 2. The quantitative estimate of drug-likeness (QED) is 0.767. The maximum Gasteiger partial charge on any atom is 0.0764 e. The van der Waals surface area contributed by atoms with Crippen LogP contribution < -0.4 is 5.32 Å². The first-order valence-electron chi connectivity index (χ1n) is 7.31. The van der Waals surface area contributed by atoms with Crippen molar-refractivity contribution in [1.29, 1.82) is 0 Å². The van der Waals surface area contributed by atoms with E-state index in [2.05, 4.69) is 55.6 Å². The van der Waals surface area contributed by atoms with Crippen molar-refractivity contribution < 1.29 is 5.11 Å². The third kappa shape index (κ3) is 4.10. The van der Waals surface area contributed by atoms with Crippen molar-refractivity contribution >= 4 is 11.8 Å². The second-order valence-corrected chi connectivity index (χ2v) is 6.29. The molecule has 21 heavy (non-hydrogen) atoms. The zero-order valence-corrected chi connectivity index (χ0v) is 13.5. The maximum absolute atomic E-state index is 10.0. The Morgan fingerprint density at radius 3 is 2.29 bits per heavy atom. The van der Waals surface area contributed by atoms with Crippen LogP contribution in [0.25, 0.3) is 0 Å². The molecule has 2 N–H and O–H groups in total. The fourth-order valence-electron chi connectivity index (χ4n) is 2.37. The molecule has 1 atom stereocenters. The van der Waals surface area contributed by atoms with E-state index in [4.69, 9.17) is 0 Å². The zero-order valence-electron chi connectivity index (χ0n) is 12.7. The summed E-state index contributed by atoms with van der Waals surface area (Å²) in [5.74, 6) is 0.796. The third-order valence-electron chi connectivity index (χ3n) is 3.62. The van der Waals surface area contributed by atoms with Crippen LogP contribution in [0.15, 0.2) is 59.5 Å². The number of rotatable bonds is 7. The topological polar surface area (TPSA) is 32.3 Å². The van der Waals surface area contributed by atoms with Crippen molar-refractivity contribution in [3.05, 3.63) is 65.7 Å². The second-order valence-electron chi connectivity index (χ2n) is 5.24. The van der Waals surface area contributed by atoms with E-state index >= 15 is 0 Å². The Morgan fingerprint density at radius 2 is 1.71 bits per heavy atom. The minimum absolute atomic E-state index is 0.0870. The molecule has 1 unspecified atom stereocenters. The van der Waals surface area contributed by atoms with Crippen molar-refractivity contribution in [3.63, 3.8) is 0 Å². The summed E-state index contributed by atoms with van der Waals surface area (Å²) in [7, 11) is 0. The number of thioether (sulfide) groups is 1. The van der Waals surface area contributed by atoms with E-state index in [0.717, 1.165) is 17.9 Å². The van der Waals surface area contributed by atoms with Gasteiger partial charge in [-0.05, 0) is 31.2 Å². The van der Waals surface area contributed by atoms with Crippen LogP contribution in [0.4, 0.5) is 0 Å². The lowest BCUT2D eigenvalue weighted by atomic mass is 9.92. The zero-order chi connectivity index (χ0) is 15.1. The summed E-state index contributed by atoms with van der Waals surface area (Å²) in [6.07, 6.45) is 0. The van der Waals surface area contributed by atoms with Crippen molar-refractivity contribution in [3.8, 4) is 0 Å². The van der Waals surface area contributed by atoms with E-state index in [1.165, 1.54) is 10.5 Å². The van der Waals surface area contributed by atoms with Gasteiger partial charge in [0.05, 0.1) is 12.1 Å². The number of nitrogens with one attached hydrogen (secondary N) is 1. The highest BCUT2D eigenvalue weighted by Gasteiger charge is 2.30. The van der Waals surface area contributed by atoms with Gasteiger partial charge in [0.1, 0.15) is 0 Å². The predicted octanol–water partition coefficient (Wildman–Crippen LogP) is 3.58. The highest BCUT2D eigenvalue weighted by molar-refractivity contribution is 7.99. The van der Waals surface area contributed by atoms with Crippen molar-refractivity contribution in [2.75, 3.05) is 18.9 Å². The van der Waals surface area contributed by atoms with Crippen LogP contribution in [0, 0.1) is 6.92 Å². The average Bonchev–Trinajstić information content (AvgIpc) is 2.54. The Bertz CT molecular complexity index is 541. The van der Waals surface area contributed by atoms with E-state index in [1.54, 1.807) is 11.8 Å². The molecule has 2 aromatic carbocycles. The normalized spacial score (nSPS) is 13.9. The molecule has 0 fully saturated rings. The molecule has 0 amide bonds. The SMILES string of the molecule is CCNC(CO)(CSc1ccc(C)cc1)c1ccccc1. The Hall–Kier alpha value is -1.29. The Labute approximate surface area is 131 Å². The number of aryl methyl sites for hydroxylation is 1. The van der Waals surface area contributed by atoms with E-state index in [-0.39, 0.29) is 6.61 Å². The van der Waals surface area contributed by atoms with Gasteiger partial charge in [0.25, 0.3) is 0 Å². The summed E-state index contributed by atoms with van der Waals surface area (Å²) in [6.45, 7) is 5.08. The molecule has 2 aromatic rings. The highest BCUT2D eigenvalue weighted by Crippen LogP contribution is 2.29. The molecule has 3 heteroatoms. The molecule has 2 rings (SSSR count). The molecule has 0 bridgehead atoms. The molecule has 0 saturated heterocycles. The van der Waals surface area contributed by atoms with Crippen molar-refractivity contribution in [1.82, 2.24) is 5.32 Å². The van der Waals surface area contributed by atoms with Gasteiger partial charge in [-0.1, -0.05) is 55.0 Å². The molecule has 2 nitrogen and oxygen atoms in total. The molecule has 0 aliphatic rings. The van der Waals surface area contributed by atoms with Gasteiger partial charge < -0.3 is 10.4 Å². The smallest absolute Gasteiger partial charge is 0.0764 e. The molecule has 0 heterocycles. The largest absolute Gasteiger partial charge is 0.394 e. The van der Waals surface area contributed by atoms with Crippen LogP contribution in [-0.4, -0.2) is 24.0 Å². The first kappa shape index (κ1) is 16.1. The first-order chi connectivity index (χ1) is 10.2. The summed E-state index contributed by atoms with van der Waals surface area (Å²) in [4.78, 5) is 1.23. The molecular formula is C18H23NOS. The molecular weight excluding hydrogens is 278 g/mol. The Balaban J connectivity index is 2.18. The highest BCUT2D eigenvalue weighted by atomic mass is 32.2. The van der Waals surface area contributed by atoms with Crippen LogP contribution in [0.1, 0.15) is 18.1 Å². The fourth-order valence-corrected chi connectivity index (χ4v) is 3.47. The van der Waals surface area contributed by atoms with Gasteiger partial charge in [0.2, 0.25) is 0 Å². The number of aliphatic hydroxyl groups excluding tert-OH is 1. The minimum atomic E-state index is -0.397. The van der Waals surface area contributed by atoms with Crippen LogP contribution >= 0.6 is 11.8 Å². The van der Waals surface area contributed by atoms with Gasteiger partial charge in [0, 0.05) is 10.6 Å². The van der Waals surface area contributed by atoms with Crippen molar-refractivity contribution in [2.45, 2.75) is 24.3 Å². The van der Waals surface area contributed by atoms with Crippen LogP contribution in [0.3, 0.4) is 0 Å². The first-order valence-corrected chi connectivity index (χ1v) is 8.29. The van der Waals surface area contributed by atoms with E-state index < -0.39 is 5.54 Å². The Kier molecular flexibility index (Phi) is 5.85. The van der Waals surface area contributed by atoms with E-state index in [1.807, 2.05) is 18.2 Å². The van der Waals surface area contributed by atoms with Gasteiger partial charge in [-0.2, -0.15) is 0 Å². The summed E-state index contributed by atoms with van der Waals surface area (Å²) >= 11 is 1.77. The van der Waals surface area contributed by atoms with Crippen molar-refractivity contribution in [2.24, 2.45) is 0 Å². The molecule has 0 saturated carbocycles. The molecule has 0 radical (unpaired) electrons. The molecule has 112 valence electrons. The molecule has 0 aliphatic carbocycles. The monoisotopic (exact) mass is 301 g/mol. The van der Waals surface area contributed by atoms with Crippen LogP contribution in [-0.2, 0) is 5.54 Å². The predicted molar refractivity (Wildman–Crippen MR) is 90.8 cm³/mol. The van der Waals surface area contributed by atoms with Crippen LogP contribution in [0.2, 0.25) is 0 Å². The van der Waals surface area contributed by atoms with E-state index in [9.17, 15) is 5.11 Å². The van der Waals surface area contributed by atoms with Crippen LogP contribution in [0.5, 0.6) is 0 Å². The number of likely N-dealkylation sites (N-methyl/N-ethyl adjacent to an activating group) is 1. The summed E-state index contributed by atoms with van der Waals surface area (Å²) < 4.78 is 0. The summed E-state index contributed by atoms with van der Waals surface area (Å²) in [6, 6.07) is 18.7. The standard InChI is InChI=1S/C18H23NOS/c1-3-19-18(13-20,16-7-5-4-6-8-16)14-21-17-11-9-15(2)10-12-17/h4-12,19-20H,3,13-14H2,1-2H3. The third-order valence-corrected chi connectivity index (χ3v) is 4.86. The number of aliphatic hydroxyl groups is 1. The van der Waals surface area contributed by atoms with Gasteiger partial charge in [-0.3, -0.25) is 0 Å². The maximum atomic E-state index is 10.0. The molecule has 0 spiro atoms. The summed E-state index contributed by atoms with van der Waals surface area (Å²) in [5.41, 5.74) is 2.00. The van der Waals surface area contributed by atoms with Gasteiger partial charge in [-0.15, -0.1) is 11.8 Å². The lowest BCUT2D eigenvalue weighted by molar-refractivity contribution is 0.181. The lowest BCUT2D eigenvalue weighted by Gasteiger charge is -2.33. The van der Waals surface area contributed by atoms with Gasteiger partial charge in [0.15, 0.2) is 0 Å². The number of hydrogen-bond acceptors (Lipinski definition) is 3. The van der Waals surface area contributed by atoms with E-state index in [0.29, 0.717) is 0 Å². The molecule has 0 aliphatic heterocycles. The minimum Gasteiger partial charge on any atom is -0.394 e. The summed E-state index contributed by atoms with van der Waals surface area (Å²) in [5, 5.41) is 13.5. The number of hydrogen-bond donors (Lipinski definition) is 2. The Morgan fingerprint density at radius 1 is 1.05 bits per heavy atom. The van der Waals surface area contributed by atoms with Gasteiger partial charge >= 0.3 is 0 Å². The van der Waals surface area contributed by atoms with Gasteiger partial charge in [-0.25, -0.2) is 0 Å². The second kappa shape index (κ2) is 7.64. The molecule has 0 aromatic heterocycles. The lowest BCUT2D eigenvalue weighted by Crippen LogP contribution is -2.47.